The summed E-state index contributed by atoms with van der Waals surface area (Å²) in [6.45, 7) is 6.79. The molecule has 2 heterocycles. The lowest BCUT2D eigenvalue weighted by Gasteiger charge is -2.39. The molecule has 2 aromatic carbocycles. The van der Waals surface area contributed by atoms with E-state index < -0.39 is 0 Å². The third-order valence-electron chi connectivity index (χ3n) is 4.13. The quantitative estimate of drug-likeness (QED) is 0.639. The van der Waals surface area contributed by atoms with Crippen molar-refractivity contribution in [1.29, 1.82) is 0 Å². The number of para-hydroxylation sites is 2. The maximum atomic E-state index is 5.95. The van der Waals surface area contributed by atoms with E-state index in [1.807, 2.05) is 0 Å². The van der Waals surface area contributed by atoms with Gasteiger partial charge in [-0.25, -0.2) is 0 Å². The van der Waals surface area contributed by atoms with Gasteiger partial charge in [-0.1, -0.05) is 36.4 Å². The molecule has 20 heavy (non-hydrogen) atoms. The first-order valence-electron chi connectivity index (χ1n) is 7.21. The smallest absolute Gasteiger partial charge is 0.116 e. The highest BCUT2D eigenvalue weighted by molar-refractivity contribution is 5.75. The van der Waals surface area contributed by atoms with Crippen molar-refractivity contribution in [1.82, 2.24) is 0 Å². The van der Waals surface area contributed by atoms with Crippen LogP contribution in [0, 0.1) is 0 Å². The van der Waals surface area contributed by atoms with Gasteiger partial charge < -0.3 is 9.64 Å². The second-order valence-electron chi connectivity index (χ2n) is 6.60. The molecule has 2 nitrogen and oxygen atoms in total. The first-order chi connectivity index (χ1) is 9.57. The van der Waals surface area contributed by atoms with Crippen LogP contribution in [0.1, 0.15) is 44.1 Å². The fourth-order valence-corrected chi connectivity index (χ4v) is 3.30. The summed E-state index contributed by atoms with van der Waals surface area (Å²) >= 11 is 0. The lowest BCUT2D eigenvalue weighted by Crippen LogP contribution is -2.38. The van der Waals surface area contributed by atoms with E-state index in [4.69, 9.17) is 4.74 Å². The highest BCUT2D eigenvalue weighted by Crippen LogP contribution is 2.59. The Labute approximate surface area is 120 Å². The van der Waals surface area contributed by atoms with Gasteiger partial charge in [0.05, 0.1) is 0 Å². The average molecular weight is 265 g/mol. The minimum atomic E-state index is 0.0307. The zero-order valence-electron chi connectivity index (χ0n) is 12.1. The Morgan fingerprint density at radius 1 is 0.800 bits per heavy atom. The van der Waals surface area contributed by atoms with Gasteiger partial charge in [-0.3, -0.25) is 0 Å². The minimum absolute atomic E-state index is 0.0307. The van der Waals surface area contributed by atoms with E-state index in [1.165, 1.54) is 22.5 Å². The van der Waals surface area contributed by atoms with Crippen LogP contribution in [0.15, 0.2) is 48.5 Å². The summed E-state index contributed by atoms with van der Waals surface area (Å²) in [5.41, 5.74) is 5.20. The number of fused-ring (bicyclic) bond motifs is 5. The van der Waals surface area contributed by atoms with E-state index in [1.54, 1.807) is 0 Å². The van der Waals surface area contributed by atoms with Crippen molar-refractivity contribution in [2.75, 3.05) is 4.90 Å². The van der Waals surface area contributed by atoms with Gasteiger partial charge in [-0.05, 0) is 32.9 Å². The lowest BCUT2D eigenvalue weighted by molar-refractivity contribution is 0.375. The molecule has 2 aliphatic rings. The largest absolute Gasteiger partial charge is 0.359 e. The highest BCUT2D eigenvalue weighted by atomic mass is 16.6. The van der Waals surface area contributed by atoms with E-state index in [2.05, 4.69) is 74.2 Å². The summed E-state index contributed by atoms with van der Waals surface area (Å²) < 4.78 is 5.95. The fraction of sp³-hybridized carbons (Fsp3) is 0.333. The molecule has 2 aliphatic heterocycles. The van der Waals surface area contributed by atoms with Gasteiger partial charge in [0, 0.05) is 28.0 Å². The Morgan fingerprint density at radius 3 is 1.70 bits per heavy atom. The van der Waals surface area contributed by atoms with Crippen LogP contribution in [0.5, 0.6) is 0 Å². The molecule has 1 fully saturated rings. The summed E-state index contributed by atoms with van der Waals surface area (Å²) in [4.78, 5) is 2.45. The van der Waals surface area contributed by atoms with Gasteiger partial charge in [-0.15, -0.1) is 0 Å². The zero-order valence-corrected chi connectivity index (χ0v) is 12.1. The molecule has 2 aromatic rings. The number of epoxide rings is 1. The Bertz CT molecular complexity index is 620. The molecule has 0 amide bonds. The Hall–Kier alpha value is -1.80. The van der Waals surface area contributed by atoms with Crippen LogP contribution in [0.25, 0.3) is 0 Å². The number of benzene rings is 2. The van der Waals surface area contributed by atoms with E-state index >= 15 is 0 Å². The Morgan fingerprint density at radius 2 is 1.25 bits per heavy atom. The van der Waals surface area contributed by atoms with Gasteiger partial charge >= 0.3 is 0 Å². The first-order valence-corrected chi connectivity index (χ1v) is 7.21. The van der Waals surface area contributed by atoms with Crippen LogP contribution in [0.3, 0.4) is 0 Å². The van der Waals surface area contributed by atoms with Gasteiger partial charge in [-0.2, -0.15) is 0 Å². The number of anilines is 2. The molecule has 1 saturated heterocycles. The molecule has 0 aromatic heterocycles. The number of hydrogen-bond acceptors (Lipinski definition) is 2. The first kappa shape index (κ1) is 12.0. The molecule has 0 saturated carbocycles. The third kappa shape index (κ3) is 1.61. The van der Waals surface area contributed by atoms with E-state index in [-0.39, 0.29) is 17.7 Å². The predicted molar refractivity (Wildman–Crippen MR) is 81.3 cm³/mol. The maximum absolute atomic E-state index is 5.95. The Balaban J connectivity index is 2.02. The van der Waals surface area contributed by atoms with Crippen molar-refractivity contribution in [3.63, 3.8) is 0 Å². The number of nitrogens with zero attached hydrogens (tertiary/aromatic N) is 1. The summed E-state index contributed by atoms with van der Waals surface area (Å²) in [6, 6.07) is 17.3. The van der Waals surface area contributed by atoms with Crippen LogP contribution in [0.2, 0.25) is 0 Å². The van der Waals surface area contributed by atoms with Crippen LogP contribution >= 0.6 is 0 Å². The van der Waals surface area contributed by atoms with Gasteiger partial charge in [0.2, 0.25) is 0 Å². The molecule has 0 bridgehead atoms. The normalized spacial score (nSPS) is 23.4. The average Bonchev–Trinajstić information content (AvgIpc) is 3.18. The summed E-state index contributed by atoms with van der Waals surface area (Å²) in [5.74, 6) is 0. The lowest BCUT2D eigenvalue weighted by atomic mass is 10.0. The third-order valence-corrected chi connectivity index (χ3v) is 4.13. The van der Waals surface area contributed by atoms with E-state index in [0.717, 1.165) is 0 Å². The monoisotopic (exact) mass is 265 g/mol. The van der Waals surface area contributed by atoms with Crippen LogP contribution in [-0.4, -0.2) is 5.54 Å². The molecule has 2 unspecified atom stereocenters. The van der Waals surface area contributed by atoms with Crippen molar-refractivity contribution in [2.45, 2.75) is 38.5 Å². The Kier molecular flexibility index (Phi) is 2.31. The molecule has 0 aliphatic carbocycles. The number of rotatable bonds is 0. The predicted octanol–water partition coefficient (Wildman–Crippen LogP) is 4.75. The number of hydrogen-bond donors (Lipinski definition) is 0. The van der Waals surface area contributed by atoms with Gasteiger partial charge in [0.15, 0.2) is 0 Å². The van der Waals surface area contributed by atoms with Crippen molar-refractivity contribution in [3.05, 3.63) is 59.7 Å². The van der Waals surface area contributed by atoms with E-state index in [0.29, 0.717) is 0 Å². The van der Waals surface area contributed by atoms with Crippen LogP contribution in [0.4, 0.5) is 11.4 Å². The molecule has 0 N–H and O–H groups in total. The molecule has 0 radical (unpaired) electrons. The molecule has 4 rings (SSSR count). The minimum Gasteiger partial charge on any atom is -0.359 e. The highest BCUT2D eigenvalue weighted by Gasteiger charge is 2.48. The van der Waals surface area contributed by atoms with E-state index in [9.17, 15) is 0 Å². The molecule has 102 valence electrons. The van der Waals surface area contributed by atoms with Crippen molar-refractivity contribution < 1.29 is 4.74 Å². The molecular weight excluding hydrogens is 246 g/mol. The second-order valence-corrected chi connectivity index (χ2v) is 6.60. The summed E-state index contributed by atoms with van der Waals surface area (Å²) in [6.07, 6.45) is 0.444. The fourth-order valence-electron chi connectivity index (χ4n) is 3.30. The molecule has 2 heteroatoms. The zero-order chi connectivity index (χ0) is 13.9. The van der Waals surface area contributed by atoms with Crippen molar-refractivity contribution >= 4 is 11.4 Å². The molecular formula is C18H19NO. The molecule has 0 spiro atoms. The van der Waals surface area contributed by atoms with Crippen molar-refractivity contribution in [3.8, 4) is 0 Å². The van der Waals surface area contributed by atoms with Gasteiger partial charge in [0.25, 0.3) is 0 Å². The van der Waals surface area contributed by atoms with Crippen LogP contribution in [-0.2, 0) is 4.74 Å². The standard InChI is InChI=1S/C18H19NO/c1-18(2,3)19-14-10-6-4-8-12(14)16-17(20-16)13-9-5-7-11-15(13)19/h4-11,16-17H,1-3H3. The van der Waals surface area contributed by atoms with Crippen molar-refractivity contribution in [2.24, 2.45) is 0 Å². The second kappa shape index (κ2) is 3.86. The topological polar surface area (TPSA) is 15.8 Å². The summed E-state index contributed by atoms with van der Waals surface area (Å²) in [5, 5.41) is 0. The number of ether oxygens (including phenoxy) is 1. The van der Waals surface area contributed by atoms with Gasteiger partial charge in [0.1, 0.15) is 12.2 Å². The SMILES string of the molecule is CC(C)(C)N1c2ccccc2C2OC2c2ccccc21. The van der Waals surface area contributed by atoms with Crippen LogP contribution < -0.4 is 4.90 Å². The molecule has 2 atom stereocenters. The maximum Gasteiger partial charge on any atom is 0.116 e. The summed E-state index contributed by atoms with van der Waals surface area (Å²) in [7, 11) is 0.